The van der Waals surface area contributed by atoms with Crippen molar-refractivity contribution >= 4 is 33.1 Å². The lowest BCUT2D eigenvalue weighted by atomic mass is 10.0. The summed E-state index contributed by atoms with van der Waals surface area (Å²) in [5, 5.41) is 0.971. The summed E-state index contributed by atoms with van der Waals surface area (Å²) in [6.07, 6.45) is 2.20. The molecule has 5 nitrogen and oxygen atoms in total. The van der Waals surface area contributed by atoms with E-state index in [0.29, 0.717) is 13.1 Å². The van der Waals surface area contributed by atoms with E-state index in [1.54, 1.807) is 11.1 Å². The van der Waals surface area contributed by atoms with Gasteiger partial charge in [0, 0.05) is 34.7 Å². The van der Waals surface area contributed by atoms with Crippen LogP contribution in [-0.2, 0) is 17.7 Å². The Kier molecular flexibility index (Phi) is 3.80. The first-order valence-electron chi connectivity index (χ1n) is 7.24. The lowest BCUT2D eigenvalue weighted by Gasteiger charge is -2.30. The normalized spacial score (nSPS) is 14.8. The average Bonchev–Trinajstić information content (AvgIpc) is 2.42. The zero-order valence-corrected chi connectivity index (χ0v) is 14.5. The van der Waals surface area contributed by atoms with Gasteiger partial charge in [0.05, 0.1) is 6.54 Å². The zero-order chi connectivity index (χ0) is 15.9. The van der Waals surface area contributed by atoms with Crippen LogP contribution in [0.1, 0.15) is 32.0 Å². The number of fused-ring (bicyclic) bond motifs is 2. The summed E-state index contributed by atoms with van der Waals surface area (Å²) < 4.78 is 6.36. The third-order valence-electron chi connectivity index (χ3n) is 3.43. The summed E-state index contributed by atoms with van der Waals surface area (Å²) in [5.74, 6) is 0. The average molecular weight is 364 g/mol. The van der Waals surface area contributed by atoms with Gasteiger partial charge in [-0.15, -0.1) is 0 Å². The number of pyridine rings is 2. The first-order valence-corrected chi connectivity index (χ1v) is 8.03. The predicted octanol–water partition coefficient (Wildman–Crippen LogP) is 3.69. The fraction of sp³-hybridized carbons (Fsp3) is 0.438. The summed E-state index contributed by atoms with van der Waals surface area (Å²) >= 11 is 3.42. The highest BCUT2D eigenvalue weighted by Crippen LogP contribution is 2.24. The lowest BCUT2D eigenvalue weighted by Crippen LogP contribution is -2.40. The van der Waals surface area contributed by atoms with Crippen molar-refractivity contribution in [1.29, 1.82) is 0 Å². The van der Waals surface area contributed by atoms with Crippen molar-refractivity contribution in [2.75, 3.05) is 6.54 Å². The van der Waals surface area contributed by atoms with Crippen LogP contribution in [0.4, 0.5) is 4.79 Å². The molecule has 1 aliphatic rings. The van der Waals surface area contributed by atoms with Gasteiger partial charge in [-0.1, -0.05) is 0 Å². The van der Waals surface area contributed by atoms with Gasteiger partial charge in [-0.3, -0.25) is 0 Å². The molecule has 3 rings (SSSR count). The number of hydrogen-bond acceptors (Lipinski definition) is 4. The second-order valence-corrected chi connectivity index (χ2v) is 7.36. The van der Waals surface area contributed by atoms with E-state index in [-0.39, 0.29) is 6.09 Å². The first kappa shape index (κ1) is 15.2. The molecule has 22 heavy (non-hydrogen) atoms. The molecule has 0 atom stereocenters. The Morgan fingerprint density at radius 1 is 1.36 bits per heavy atom. The maximum Gasteiger partial charge on any atom is 0.410 e. The Hall–Kier alpha value is -1.69. The maximum atomic E-state index is 12.2. The largest absolute Gasteiger partial charge is 0.444 e. The van der Waals surface area contributed by atoms with E-state index in [4.69, 9.17) is 4.74 Å². The van der Waals surface area contributed by atoms with Crippen LogP contribution in [0.3, 0.4) is 0 Å². The van der Waals surface area contributed by atoms with Crippen LogP contribution in [0, 0.1) is 0 Å². The minimum absolute atomic E-state index is 0.273. The minimum Gasteiger partial charge on any atom is -0.444 e. The fourth-order valence-corrected chi connectivity index (χ4v) is 2.83. The molecule has 0 saturated carbocycles. The molecule has 0 fully saturated rings. The zero-order valence-electron chi connectivity index (χ0n) is 12.9. The standard InChI is InChI=1S/C16H18BrN3O2/c1-16(2,3)22-15(21)20-5-4-13-11(9-20)6-10-7-12(17)8-18-14(10)19-13/h6-8H,4-5,9H2,1-3H3. The second kappa shape index (κ2) is 5.50. The molecule has 3 heterocycles. The highest BCUT2D eigenvalue weighted by molar-refractivity contribution is 9.10. The number of carbonyl (C=O) groups is 1. The Bertz CT molecular complexity index is 740. The van der Waals surface area contributed by atoms with Crippen molar-refractivity contribution in [2.45, 2.75) is 39.3 Å². The lowest BCUT2D eigenvalue weighted by molar-refractivity contribution is 0.0223. The van der Waals surface area contributed by atoms with Crippen LogP contribution in [0.25, 0.3) is 11.0 Å². The topological polar surface area (TPSA) is 55.3 Å². The molecule has 2 aromatic heterocycles. The molecule has 116 valence electrons. The smallest absolute Gasteiger partial charge is 0.410 e. The van der Waals surface area contributed by atoms with Gasteiger partial charge in [0.25, 0.3) is 0 Å². The SMILES string of the molecule is CC(C)(C)OC(=O)N1CCc2nc3ncc(Br)cc3cc2C1. The van der Waals surface area contributed by atoms with Crippen LogP contribution >= 0.6 is 15.9 Å². The van der Waals surface area contributed by atoms with Crippen molar-refractivity contribution in [3.05, 3.63) is 34.1 Å². The number of halogens is 1. The van der Waals surface area contributed by atoms with E-state index in [9.17, 15) is 4.79 Å². The molecular formula is C16H18BrN3O2. The Balaban J connectivity index is 1.87. The first-order chi connectivity index (χ1) is 10.3. The molecule has 0 bridgehead atoms. The van der Waals surface area contributed by atoms with E-state index in [2.05, 4.69) is 32.0 Å². The number of hydrogen-bond donors (Lipinski definition) is 0. The van der Waals surface area contributed by atoms with Gasteiger partial charge >= 0.3 is 6.09 Å². The molecule has 0 unspecified atom stereocenters. The molecule has 1 aliphatic heterocycles. The quantitative estimate of drug-likeness (QED) is 0.716. The van der Waals surface area contributed by atoms with Gasteiger partial charge in [-0.05, 0) is 54.4 Å². The molecule has 0 spiro atoms. The third-order valence-corrected chi connectivity index (χ3v) is 3.87. The van der Waals surface area contributed by atoms with Crippen molar-refractivity contribution in [1.82, 2.24) is 14.9 Å². The Morgan fingerprint density at radius 3 is 2.86 bits per heavy atom. The van der Waals surface area contributed by atoms with E-state index >= 15 is 0 Å². The number of amides is 1. The van der Waals surface area contributed by atoms with Crippen LogP contribution in [-0.4, -0.2) is 33.1 Å². The van der Waals surface area contributed by atoms with Gasteiger partial charge in [0.2, 0.25) is 0 Å². The molecule has 0 aromatic carbocycles. The van der Waals surface area contributed by atoms with E-state index in [0.717, 1.165) is 33.2 Å². The number of carbonyl (C=O) groups excluding carboxylic acids is 1. The predicted molar refractivity (Wildman–Crippen MR) is 87.6 cm³/mol. The summed E-state index contributed by atoms with van der Waals surface area (Å²) in [7, 11) is 0. The number of nitrogens with zero attached hydrogens (tertiary/aromatic N) is 3. The molecule has 6 heteroatoms. The molecule has 2 aromatic rings. The van der Waals surface area contributed by atoms with E-state index in [1.165, 1.54) is 0 Å². The summed E-state index contributed by atoms with van der Waals surface area (Å²) in [6.45, 7) is 6.78. The van der Waals surface area contributed by atoms with Crippen molar-refractivity contribution in [3.63, 3.8) is 0 Å². The molecule has 0 radical (unpaired) electrons. The minimum atomic E-state index is -0.478. The molecule has 0 aliphatic carbocycles. The second-order valence-electron chi connectivity index (χ2n) is 6.45. The fourth-order valence-electron chi connectivity index (χ4n) is 2.48. The number of aromatic nitrogens is 2. The summed E-state index contributed by atoms with van der Waals surface area (Å²) in [5.41, 5.74) is 2.34. The van der Waals surface area contributed by atoms with Crippen molar-refractivity contribution in [2.24, 2.45) is 0 Å². The number of rotatable bonds is 0. The highest BCUT2D eigenvalue weighted by atomic mass is 79.9. The van der Waals surface area contributed by atoms with Crippen LogP contribution in [0.5, 0.6) is 0 Å². The molecule has 0 saturated heterocycles. The van der Waals surface area contributed by atoms with Gasteiger partial charge in [0.15, 0.2) is 5.65 Å². The van der Waals surface area contributed by atoms with Crippen LogP contribution < -0.4 is 0 Å². The van der Waals surface area contributed by atoms with Gasteiger partial charge in [-0.2, -0.15) is 0 Å². The van der Waals surface area contributed by atoms with Crippen molar-refractivity contribution in [3.8, 4) is 0 Å². The molecular weight excluding hydrogens is 346 g/mol. The monoisotopic (exact) mass is 363 g/mol. The number of ether oxygens (including phenoxy) is 1. The van der Waals surface area contributed by atoms with Gasteiger partial charge in [0.1, 0.15) is 5.60 Å². The van der Waals surface area contributed by atoms with Crippen LogP contribution in [0.15, 0.2) is 22.8 Å². The maximum absolute atomic E-state index is 12.2. The Morgan fingerprint density at radius 2 is 2.14 bits per heavy atom. The Labute approximate surface area is 137 Å². The van der Waals surface area contributed by atoms with Gasteiger partial charge < -0.3 is 9.64 Å². The van der Waals surface area contributed by atoms with Gasteiger partial charge in [-0.25, -0.2) is 14.8 Å². The third kappa shape index (κ3) is 3.21. The van der Waals surface area contributed by atoms with E-state index < -0.39 is 5.60 Å². The highest BCUT2D eigenvalue weighted by Gasteiger charge is 2.26. The summed E-state index contributed by atoms with van der Waals surface area (Å²) in [6, 6.07) is 4.05. The van der Waals surface area contributed by atoms with Crippen LogP contribution in [0.2, 0.25) is 0 Å². The van der Waals surface area contributed by atoms with Crippen molar-refractivity contribution < 1.29 is 9.53 Å². The molecule has 0 N–H and O–H groups in total. The van der Waals surface area contributed by atoms with E-state index in [1.807, 2.05) is 26.8 Å². The molecule has 1 amide bonds. The summed E-state index contributed by atoms with van der Waals surface area (Å²) in [4.78, 5) is 22.9.